The number of halogens is 1. The number of ketones is 1. The lowest BCUT2D eigenvalue weighted by molar-refractivity contribution is 0.101. The molecule has 0 saturated heterocycles. The minimum atomic E-state index is 0.0574. The van der Waals surface area contributed by atoms with Crippen molar-refractivity contribution in [3.63, 3.8) is 0 Å². The Bertz CT molecular complexity index is 935. The number of carbonyl (C=O) groups is 1. The molecule has 0 fully saturated rings. The summed E-state index contributed by atoms with van der Waals surface area (Å²) >= 11 is 5.98. The number of aliphatic imine (C=N–C) groups is 1. The van der Waals surface area contributed by atoms with Crippen molar-refractivity contribution in [2.24, 2.45) is 4.99 Å². The van der Waals surface area contributed by atoms with Gasteiger partial charge in [-0.1, -0.05) is 11.6 Å². The maximum absolute atomic E-state index is 11.3. The molecule has 4 heteroatoms. The molecule has 0 aliphatic carbocycles. The molecule has 0 aliphatic heterocycles. The van der Waals surface area contributed by atoms with Crippen LogP contribution in [-0.2, 0) is 0 Å². The van der Waals surface area contributed by atoms with Gasteiger partial charge in [-0.25, -0.2) is 0 Å². The predicted octanol–water partition coefficient (Wildman–Crippen LogP) is 5.70. The molecule has 0 radical (unpaired) electrons. The van der Waals surface area contributed by atoms with Gasteiger partial charge >= 0.3 is 0 Å². The second kappa shape index (κ2) is 7.08. The number of carbonyl (C=O) groups excluding carboxylic acids is 1. The number of hydrogen-bond donors (Lipinski definition) is 0. The molecule has 0 atom stereocenters. The molecule has 3 aromatic rings. The third-order valence-corrected chi connectivity index (χ3v) is 4.43. The van der Waals surface area contributed by atoms with Crippen LogP contribution in [-0.4, -0.2) is 16.6 Å². The van der Waals surface area contributed by atoms with Crippen molar-refractivity contribution < 1.29 is 4.79 Å². The molecule has 1 aromatic heterocycles. The van der Waals surface area contributed by atoms with Gasteiger partial charge in [0.2, 0.25) is 0 Å². The van der Waals surface area contributed by atoms with E-state index in [0.717, 1.165) is 33.3 Å². The van der Waals surface area contributed by atoms with Crippen LogP contribution >= 0.6 is 11.6 Å². The van der Waals surface area contributed by atoms with E-state index in [2.05, 4.69) is 29.5 Å². The Hall–Kier alpha value is -2.65. The van der Waals surface area contributed by atoms with Crippen LogP contribution in [0.25, 0.3) is 5.69 Å². The van der Waals surface area contributed by atoms with Gasteiger partial charge in [0.25, 0.3) is 0 Å². The van der Waals surface area contributed by atoms with Crippen molar-refractivity contribution in [1.82, 2.24) is 4.57 Å². The first-order valence-corrected chi connectivity index (χ1v) is 8.43. The molecule has 0 aliphatic rings. The zero-order valence-corrected chi connectivity index (χ0v) is 15.2. The molecule has 0 amide bonds. The Labute approximate surface area is 152 Å². The fourth-order valence-electron chi connectivity index (χ4n) is 2.83. The molecule has 2 aromatic carbocycles. The van der Waals surface area contributed by atoms with E-state index in [0.29, 0.717) is 5.56 Å². The van der Waals surface area contributed by atoms with Crippen LogP contribution in [0.4, 0.5) is 5.69 Å². The zero-order chi connectivity index (χ0) is 18.0. The van der Waals surface area contributed by atoms with E-state index in [4.69, 9.17) is 11.6 Å². The molecule has 1 heterocycles. The van der Waals surface area contributed by atoms with Crippen molar-refractivity contribution in [3.05, 3.63) is 82.1 Å². The maximum Gasteiger partial charge on any atom is 0.159 e. The van der Waals surface area contributed by atoms with Gasteiger partial charge in [0.15, 0.2) is 5.78 Å². The molecule has 3 nitrogen and oxygen atoms in total. The molecule has 0 bridgehead atoms. The van der Waals surface area contributed by atoms with E-state index in [-0.39, 0.29) is 5.78 Å². The highest BCUT2D eigenvalue weighted by atomic mass is 35.5. The number of aryl methyl sites for hydroxylation is 1. The number of aromatic nitrogens is 1. The van der Waals surface area contributed by atoms with Crippen molar-refractivity contribution >= 4 is 29.3 Å². The van der Waals surface area contributed by atoms with Gasteiger partial charge in [0, 0.05) is 39.4 Å². The predicted molar refractivity (Wildman–Crippen MR) is 104 cm³/mol. The van der Waals surface area contributed by atoms with Crippen molar-refractivity contribution in [1.29, 1.82) is 0 Å². The number of benzene rings is 2. The molecule has 0 unspecified atom stereocenters. The average molecular weight is 351 g/mol. The van der Waals surface area contributed by atoms with E-state index >= 15 is 0 Å². The van der Waals surface area contributed by atoms with E-state index in [1.54, 1.807) is 19.1 Å². The van der Waals surface area contributed by atoms with Crippen LogP contribution in [0.3, 0.4) is 0 Å². The summed E-state index contributed by atoms with van der Waals surface area (Å²) in [5, 5.41) is 0.724. The van der Waals surface area contributed by atoms with Crippen molar-refractivity contribution in [2.45, 2.75) is 20.8 Å². The molecular formula is C21H19ClN2O. The molecule has 0 N–H and O–H groups in total. The second-order valence-corrected chi connectivity index (χ2v) is 6.44. The normalized spacial score (nSPS) is 11.2. The summed E-state index contributed by atoms with van der Waals surface area (Å²) in [6.45, 7) is 5.70. The second-order valence-electron chi connectivity index (χ2n) is 6.00. The summed E-state index contributed by atoms with van der Waals surface area (Å²) in [6, 6.07) is 17.2. The van der Waals surface area contributed by atoms with Gasteiger partial charge in [-0.15, -0.1) is 0 Å². The highest BCUT2D eigenvalue weighted by molar-refractivity contribution is 6.30. The first-order valence-electron chi connectivity index (χ1n) is 8.05. The lowest BCUT2D eigenvalue weighted by Crippen LogP contribution is -1.99. The first-order chi connectivity index (χ1) is 12.0. The maximum atomic E-state index is 11.3. The Morgan fingerprint density at radius 1 is 1.04 bits per heavy atom. The fraction of sp³-hybridized carbons (Fsp3) is 0.143. The van der Waals surface area contributed by atoms with E-state index < -0.39 is 0 Å². The number of nitrogens with zero attached hydrogens (tertiary/aromatic N) is 2. The smallest absolute Gasteiger partial charge is 0.159 e. The van der Waals surface area contributed by atoms with Gasteiger partial charge in [-0.05, 0) is 75.4 Å². The summed E-state index contributed by atoms with van der Waals surface area (Å²) in [7, 11) is 0. The number of hydrogen-bond acceptors (Lipinski definition) is 2. The summed E-state index contributed by atoms with van der Waals surface area (Å²) in [5.41, 5.74) is 5.89. The lowest BCUT2D eigenvalue weighted by Gasteiger charge is -2.09. The number of Topliss-reactive ketones (excluding diaryl/α,β-unsaturated/α-hetero) is 1. The Kier molecular flexibility index (Phi) is 4.86. The van der Waals surface area contributed by atoms with Crippen LogP contribution in [0.5, 0.6) is 0 Å². The van der Waals surface area contributed by atoms with E-state index in [1.165, 1.54) is 0 Å². The van der Waals surface area contributed by atoms with Crippen LogP contribution in [0.2, 0.25) is 5.02 Å². The quantitative estimate of drug-likeness (QED) is 0.439. The van der Waals surface area contributed by atoms with Crippen molar-refractivity contribution in [2.75, 3.05) is 0 Å². The molecular weight excluding hydrogens is 332 g/mol. The largest absolute Gasteiger partial charge is 0.318 e. The van der Waals surface area contributed by atoms with Gasteiger partial charge in [0.05, 0.1) is 5.69 Å². The SMILES string of the molecule is CC(=O)c1ccc(N=Cc2cc(C)n(-c3ccc(Cl)cc3)c2C)cc1. The molecule has 0 spiro atoms. The van der Waals surface area contributed by atoms with Crippen LogP contribution in [0.15, 0.2) is 59.6 Å². The minimum absolute atomic E-state index is 0.0574. The number of rotatable bonds is 4. The van der Waals surface area contributed by atoms with Crippen molar-refractivity contribution in [3.8, 4) is 5.69 Å². The molecule has 126 valence electrons. The van der Waals surface area contributed by atoms with Gasteiger partial charge in [-0.2, -0.15) is 0 Å². The first kappa shape index (κ1) is 17.2. The van der Waals surface area contributed by atoms with E-state index in [1.807, 2.05) is 42.6 Å². The average Bonchev–Trinajstić information content (AvgIpc) is 2.88. The van der Waals surface area contributed by atoms with Crippen LogP contribution in [0.1, 0.15) is 34.2 Å². The monoisotopic (exact) mass is 350 g/mol. The third-order valence-electron chi connectivity index (χ3n) is 4.18. The minimum Gasteiger partial charge on any atom is -0.318 e. The van der Waals surface area contributed by atoms with Gasteiger partial charge in [0.1, 0.15) is 0 Å². The fourth-order valence-corrected chi connectivity index (χ4v) is 2.96. The molecule has 25 heavy (non-hydrogen) atoms. The van der Waals surface area contributed by atoms with E-state index in [9.17, 15) is 4.79 Å². The van der Waals surface area contributed by atoms with Crippen LogP contribution < -0.4 is 0 Å². The standard InChI is InChI=1S/C21H19ClN2O/c1-14-12-18(13-23-20-8-4-17(5-9-20)16(3)25)15(2)24(14)21-10-6-19(22)7-11-21/h4-13H,1-3H3. The third kappa shape index (κ3) is 3.72. The summed E-state index contributed by atoms with van der Waals surface area (Å²) < 4.78 is 2.18. The lowest BCUT2D eigenvalue weighted by atomic mass is 10.1. The molecule has 0 saturated carbocycles. The Morgan fingerprint density at radius 2 is 1.68 bits per heavy atom. The Balaban J connectivity index is 1.89. The Morgan fingerprint density at radius 3 is 2.28 bits per heavy atom. The summed E-state index contributed by atoms with van der Waals surface area (Å²) in [4.78, 5) is 15.9. The topological polar surface area (TPSA) is 34.4 Å². The highest BCUT2D eigenvalue weighted by Gasteiger charge is 2.09. The summed E-state index contributed by atoms with van der Waals surface area (Å²) in [5.74, 6) is 0.0574. The van der Waals surface area contributed by atoms with Crippen LogP contribution in [0, 0.1) is 13.8 Å². The summed E-state index contributed by atoms with van der Waals surface area (Å²) in [6.07, 6.45) is 1.86. The molecule has 3 rings (SSSR count). The zero-order valence-electron chi connectivity index (χ0n) is 14.5. The van der Waals surface area contributed by atoms with Gasteiger partial charge < -0.3 is 4.57 Å². The van der Waals surface area contributed by atoms with Gasteiger partial charge in [-0.3, -0.25) is 9.79 Å². The highest BCUT2D eigenvalue weighted by Crippen LogP contribution is 2.22.